The van der Waals surface area contributed by atoms with Crippen molar-refractivity contribution in [2.24, 2.45) is 0 Å². The molecule has 3 nitrogen and oxygen atoms in total. The number of aliphatic hydroxyl groups is 1. The summed E-state index contributed by atoms with van der Waals surface area (Å²) in [6.45, 7) is 9.43. The van der Waals surface area contributed by atoms with Crippen LogP contribution < -0.4 is 10.2 Å². The van der Waals surface area contributed by atoms with E-state index in [0.717, 1.165) is 11.0 Å². The topological polar surface area (TPSA) is 35.5 Å². The van der Waals surface area contributed by atoms with Gasteiger partial charge >= 0.3 is 0 Å². The Morgan fingerprint density at radius 2 is 2.05 bits per heavy atom. The molecule has 1 atom stereocenters. The van der Waals surface area contributed by atoms with E-state index in [9.17, 15) is 5.11 Å². The Hall–Kier alpha value is -0.580. The van der Waals surface area contributed by atoms with E-state index in [1.165, 1.54) is 11.3 Å². The van der Waals surface area contributed by atoms with E-state index in [1.54, 1.807) is 0 Å². The van der Waals surface area contributed by atoms with Crippen molar-refractivity contribution in [3.05, 3.63) is 28.2 Å². The van der Waals surface area contributed by atoms with Gasteiger partial charge in [0.25, 0.3) is 0 Å². The maximum atomic E-state index is 10.1. The normalized spacial score (nSPS) is 13.4. The fraction of sp³-hybridized carbons (Fsp3) is 0.600. The van der Waals surface area contributed by atoms with Gasteiger partial charge in [0.2, 0.25) is 0 Å². The summed E-state index contributed by atoms with van der Waals surface area (Å²) in [5.41, 5.74) is 1.71. The van der Waals surface area contributed by atoms with Crippen LogP contribution in [0.3, 0.4) is 0 Å². The molecule has 0 aromatic heterocycles. The van der Waals surface area contributed by atoms with E-state index < -0.39 is 5.60 Å². The highest BCUT2D eigenvalue weighted by atomic mass is 79.9. The first kappa shape index (κ1) is 16.5. The van der Waals surface area contributed by atoms with Crippen molar-refractivity contribution in [1.82, 2.24) is 5.32 Å². The highest BCUT2D eigenvalue weighted by molar-refractivity contribution is 9.10. The molecule has 1 rings (SSSR count). The average molecular weight is 329 g/mol. The predicted octanol–water partition coefficient (Wildman–Crippen LogP) is 3.33. The lowest BCUT2D eigenvalue weighted by Crippen LogP contribution is -2.39. The molecule has 2 N–H and O–H groups in total. The first-order chi connectivity index (χ1) is 8.78. The number of hydrogen-bond donors (Lipinski definition) is 2. The van der Waals surface area contributed by atoms with E-state index >= 15 is 0 Å². The van der Waals surface area contributed by atoms with Crippen LogP contribution in [0.1, 0.15) is 39.3 Å². The van der Waals surface area contributed by atoms with Gasteiger partial charge in [0, 0.05) is 29.3 Å². The van der Waals surface area contributed by atoms with Crippen LogP contribution in [0.4, 0.5) is 5.69 Å². The van der Waals surface area contributed by atoms with Gasteiger partial charge in [0.1, 0.15) is 0 Å². The quantitative estimate of drug-likeness (QED) is 0.840. The van der Waals surface area contributed by atoms with Crippen LogP contribution in [0.15, 0.2) is 22.7 Å². The minimum atomic E-state index is -0.705. The van der Waals surface area contributed by atoms with Crippen molar-refractivity contribution in [2.45, 2.75) is 39.3 Å². The Morgan fingerprint density at radius 3 is 2.53 bits per heavy atom. The zero-order valence-electron chi connectivity index (χ0n) is 12.5. The second kappa shape index (κ2) is 6.73. The summed E-state index contributed by atoms with van der Waals surface area (Å²) in [4.78, 5) is 2.22. The third-order valence-electron chi connectivity index (χ3n) is 3.19. The van der Waals surface area contributed by atoms with Crippen LogP contribution >= 0.6 is 15.9 Å². The minimum Gasteiger partial charge on any atom is -0.389 e. The number of halogens is 1. The van der Waals surface area contributed by atoms with Crippen molar-refractivity contribution < 1.29 is 5.11 Å². The lowest BCUT2D eigenvalue weighted by atomic mass is 10.0. The molecule has 0 aliphatic carbocycles. The molecule has 108 valence electrons. The standard InChI is InChI=1S/C15H25BrN2O/c1-6-18(10-15(3,4)19)14-8-7-12(16)9-13(14)11(2)17-5/h7-9,11,17,19H,6,10H2,1-5H3. The molecule has 0 heterocycles. The molecule has 0 aliphatic heterocycles. The van der Waals surface area contributed by atoms with Crippen molar-refractivity contribution in [2.75, 3.05) is 25.0 Å². The second-order valence-electron chi connectivity index (χ2n) is 5.54. The summed E-state index contributed by atoms with van der Waals surface area (Å²) in [6, 6.07) is 6.57. The molecule has 4 heteroatoms. The van der Waals surface area contributed by atoms with Crippen molar-refractivity contribution in [3.8, 4) is 0 Å². The van der Waals surface area contributed by atoms with Gasteiger partial charge in [0.05, 0.1) is 5.60 Å². The molecule has 0 radical (unpaired) electrons. The number of likely N-dealkylation sites (N-methyl/N-ethyl adjacent to an activating group) is 1. The average Bonchev–Trinajstić information content (AvgIpc) is 2.34. The fourth-order valence-corrected chi connectivity index (χ4v) is 2.53. The first-order valence-electron chi connectivity index (χ1n) is 6.72. The van der Waals surface area contributed by atoms with Gasteiger partial charge in [-0.3, -0.25) is 0 Å². The lowest BCUT2D eigenvalue weighted by Gasteiger charge is -2.32. The van der Waals surface area contributed by atoms with Gasteiger partial charge in [-0.05, 0) is 58.5 Å². The van der Waals surface area contributed by atoms with Crippen LogP contribution in [0.25, 0.3) is 0 Å². The van der Waals surface area contributed by atoms with E-state index in [4.69, 9.17) is 0 Å². The molecule has 0 bridgehead atoms. The summed E-state index contributed by atoms with van der Waals surface area (Å²) < 4.78 is 1.08. The Bertz CT molecular complexity index is 415. The maximum Gasteiger partial charge on any atom is 0.0765 e. The molecule has 1 aromatic carbocycles. The lowest BCUT2D eigenvalue weighted by molar-refractivity contribution is 0.0875. The van der Waals surface area contributed by atoms with E-state index in [0.29, 0.717) is 6.54 Å². The van der Waals surface area contributed by atoms with Gasteiger partial charge in [-0.2, -0.15) is 0 Å². The summed E-state index contributed by atoms with van der Waals surface area (Å²) in [7, 11) is 1.96. The summed E-state index contributed by atoms with van der Waals surface area (Å²) in [5, 5.41) is 13.3. The van der Waals surface area contributed by atoms with E-state index in [-0.39, 0.29) is 6.04 Å². The highest BCUT2D eigenvalue weighted by Crippen LogP contribution is 2.30. The summed E-state index contributed by atoms with van der Waals surface area (Å²) >= 11 is 3.53. The predicted molar refractivity (Wildman–Crippen MR) is 85.8 cm³/mol. The van der Waals surface area contributed by atoms with E-state index in [1.807, 2.05) is 27.0 Å². The molecule has 0 saturated heterocycles. The van der Waals surface area contributed by atoms with Crippen LogP contribution in [0, 0.1) is 0 Å². The zero-order chi connectivity index (χ0) is 14.6. The maximum absolute atomic E-state index is 10.1. The molecule has 0 saturated carbocycles. The summed E-state index contributed by atoms with van der Waals surface area (Å²) in [6.07, 6.45) is 0. The fourth-order valence-electron chi connectivity index (χ4n) is 2.15. The minimum absolute atomic E-state index is 0.267. The number of nitrogens with one attached hydrogen (secondary N) is 1. The van der Waals surface area contributed by atoms with Crippen molar-refractivity contribution in [3.63, 3.8) is 0 Å². The number of hydrogen-bond acceptors (Lipinski definition) is 3. The Kier molecular flexibility index (Phi) is 5.83. The third kappa shape index (κ3) is 4.79. The monoisotopic (exact) mass is 328 g/mol. The van der Waals surface area contributed by atoms with Crippen LogP contribution in [-0.2, 0) is 0 Å². The molecule has 1 unspecified atom stereocenters. The molecule has 0 spiro atoms. The molecular formula is C15H25BrN2O. The SMILES string of the molecule is CCN(CC(C)(C)O)c1ccc(Br)cc1C(C)NC. The van der Waals surface area contributed by atoms with Gasteiger partial charge < -0.3 is 15.3 Å². The van der Waals surface area contributed by atoms with Crippen LogP contribution in [-0.4, -0.2) is 30.8 Å². The first-order valence-corrected chi connectivity index (χ1v) is 7.52. The highest BCUT2D eigenvalue weighted by Gasteiger charge is 2.21. The molecular weight excluding hydrogens is 304 g/mol. The van der Waals surface area contributed by atoms with Gasteiger partial charge in [-0.25, -0.2) is 0 Å². The Labute approximate surface area is 125 Å². The van der Waals surface area contributed by atoms with Gasteiger partial charge in [0.15, 0.2) is 0 Å². The number of rotatable bonds is 6. The third-order valence-corrected chi connectivity index (χ3v) is 3.68. The number of benzene rings is 1. The molecule has 0 fully saturated rings. The molecule has 0 amide bonds. The van der Waals surface area contributed by atoms with Crippen LogP contribution in [0.5, 0.6) is 0 Å². The molecule has 0 aliphatic rings. The van der Waals surface area contributed by atoms with Crippen molar-refractivity contribution in [1.29, 1.82) is 0 Å². The second-order valence-corrected chi connectivity index (χ2v) is 6.46. The van der Waals surface area contributed by atoms with Gasteiger partial charge in [-0.15, -0.1) is 0 Å². The van der Waals surface area contributed by atoms with E-state index in [2.05, 4.69) is 52.1 Å². The molecule has 1 aromatic rings. The van der Waals surface area contributed by atoms with Crippen LogP contribution in [0.2, 0.25) is 0 Å². The Morgan fingerprint density at radius 1 is 1.42 bits per heavy atom. The largest absolute Gasteiger partial charge is 0.389 e. The number of nitrogens with zero attached hydrogens (tertiary/aromatic N) is 1. The summed E-state index contributed by atoms with van der Waals surface area (Å²) in [5.74, 6) is 0. The smallest absolute Gasteiger partial charge is 0.0765 e. The zero-order valence-corrected chi connectivity index (χ0v) is 14.1. The van der Waals surface area contributed by atoms with Gasteiger partial charge in [-0.1, -0.05) is 15.9 Å². The Balaban J connectivity index is 3.15. The molecule has 19 heavy (non-hydrogen) atoms. The van der Waals surface area contributed by atoms with Crippen molar-refractivity contribution >= 4 is 21.6 Å². The number of anilines is 1.